The number of aromatic nitrogens is 2. The highest BCUT2D eigenvalue weighted by Gasteiger charge is 2.34. The third-order valence-electron chi connectivity index (χ3n) is 4.57. The molecule has 1 saturated heterocycles. The average Bonchev–Trinajstić information content (AvgIpc) is 3.21. The van der Waals surface area contributed by atoms with Crippen molar-refractivity contribution in [3.05, 3.63) is 60.5 Å². The summed E-state index contributed by atoms with van der Waals surface area (Å²) in [5, 5.41) is 3.98. The summed E-state index contributed by atoms with van der Waals surface area (Å²) in [5.74, 6) is 0.248. The molecular formula is C21H20N4O4. The van der Waals surface area contributed by atoms with Crippen LogP contribution < -0.4 is 9.64 Å². The Morgan fingerprint density at radius 3 is 2.66 bits per heavy atom. The lowest BCUT2D eigenvalue weighted by molar-refractivity contribution is -0.146. The van der Waals surface area contributed by atoms with E-state index in [2.05, 4.69) is 10.1 Å². The number of carbonyl (C=O) groups is 2. The van der Waals surface area contributed by atoms with Crippen LogP contribution in [0.4, 0.5) is 5.69 Å². The van der Waals surface area contributed by atoms with Gasteiger partial charge in [-0.1, -0.05) is 35.5 Å². The lowest BCUT2D eigenvalue weighted by Gasteiger charge is -2.32. The monoisotopic (exact) mass is 392 g/mol. The van der Waals surface area contributed by atoms with Crippen LogP contribution >= 0.6 is 0 Å². The number of anilines is 1. The van der Waals surface area contributed by atoms with Crippen molar-refractivity contribution in [2.75, 3.05) is 24.6 Å². The van der Waals surface area contributed by atoms with Crippen molar-refractivity contribution in [1.29, 1.82) is 0 Å². The van der Waals surface area contributed by atoms with E-state index < -0.39 is 11.8 Å². The molecule has 29 heavy (non-hydrogen) atoms. The van der Waals surface area contributed by atoms with Gasteiger partial charge in [0.1, 0.15) is 12.3 Å². The van der Waals surface area contributed by atoms with Gasteiger partial charge in [-0.15, -0.1) is 0 Å². The van der Waals surface area contributed by atoms with E-state index in [-0.39, 0.29) is 12.4 Å². The number of nitrogens with zero attached hydrogens (tertiary/aromatic N) is 4. The lowest BCUT2D eigenvalue weighted by atomic mass is 10.2. The molecule has 148 valence electrons. The minimum atomic E-state index is -0.585. The molecule has 0 atom stereocenters. The lowest BCUT2D eigenvalue weighted by Crippen LogP contribution is -2.54. The third-order valence-corrected chi connectivity index (χ3v) is 4.57. The first-order valence-corrected chi connectivity index (χ1v) is 9.37. The number of piperazine rings is 1. The van der Waals surface area contributed by atoms with Gasteiger partial charge >= 0.3 is 11.8 Å². The Balaban J connectivity index is 1.45. The summed E-state index contributed by atoms with van der Waals surface area (Å²) in [5.41, 5.74) is 1.46. The Morgan fingerprint density at radius 2 is 1.86 bits per heavy atom. The van der Waals surface area contributed by atoms with Crippen LogP contribution in [0.25, 0.3) is 11.4 Å². The number of ether oxygens (including phenoxy) is 1. The zero-order chi connectivity index (χ0) is 20.2. The summed E-state index contributed by atoms with van der Waals surface area (Å²) < 4.78 is 10.8. The molecule has 1 aliphatic rings. The third kappa shape index (κ3) is 3.96. The maximum absolute atomic E-state index is 12.5. The van der Waals surface area contributed by atoms with Gasteiger partial charge in [-0.3, -0.25) is 9.59 Å². The average molecular weight is 392 g/mol. The number of amides is 2. The van der Waals surface area contributed by atoms with Crippen LogP contribution in [-0.4, -0.2) is 46.6 Å². The number of para-hydroxylation sites is 1. The molecule has 8 heteroatoms. The fourth-order valence-electron chi connectivity index (χ4n) is 3.17. The van der Waals surface area contributed by atoms with E-state index in [9.17, 15) is 9.59 Å². The highest BCUT2D eigenvalue weighted by atomic mass is 16.5. The van der Waals surface area contributed by atoms with Gasteiger partial charge in [0.2, 0.25) is 11.7 Å². The van der Waals surface area contributed by atoms with Gasteiger partial charge in [0.25, 0.3) is 0 Å². The van der Waals surface area contributed by atoms with Crippen LogP contribution in [0, 0.1) is 0 Å². The van der Waals surface area contributed by atoms with Gasteiger partial charge in [0.05, 0.1) is 6.61 Å². The summed E-state index contributed by atoms with van der Waals surface area (Å²) in [6, 6.07) is 16.5. The van der Waals surface area contributed by atoms with Crippen molar-refractivity contribution in [3.63, 3.8) is 0 Å². The molecule has 3 aromatic rings. The summed E-state index contributed by atoms with van der Waals surface area (Å²) >= 11 is 0. The van der Waals surface area contributed by atoms with E-state index in [0.717, 1.165) is 5.56 Å². The number of hydrogen-bond donors (Lipinski definition) is 0. The van der Waals surface area contributed by atoms with Gasteiger partial charge in [-0.2, -0.15) is 4.98 Å². The quantitative estimate of drug-likeness (QED) is 0.599. The first-order valence-electron chi connectivity index (χ1n) is 9.37. The van der Waals surface area contributed by atoms with Crippen LogP contribution in [-0.2, 0) is 16.1 Å². The van der Waals surface area contributed by atoms with Gasteiger partial charge in [0.15, 0.2) is 0 Å². The smallest absolute Gasteiger partial charge is 0.316 e. The van der Waals surface area contributed by atoms with Gasteiger partial charge in [-0.25, -0.2) is 0 Å². The van der Waals surface area contributed by atoms with E-state index in [1.165, 1.54) is 9.80 Å². The molecule has 0 N–H and O–H groups in total. The standard InChI is InChI=1S/C21H20N4O4/c1-2-28-17-10-6-7-15(13-17)19-22-18(29-23-19)14-24-11-12-25(21(27)20(24)26)16-8-4-3-5-9-16/h3-10,13H,2,11-12,14H2,1H3. The van der Waals surface area contributed by atoms with Crippen molar-refractivity contribution >= 4 is 17.5 Å². The molecule has 0 bridgehead atoms. The molecule has 0 saturated carbocycles. The van der Waals surface area contributed by atoms with Gasteiger partial charge < -0.3 is 19.1 Å². The molecule has 2 amide bonds. The van der Waals surface area contributed by atoms with Crippen molar-refractivity contribution < 1.29 is 18.8 Å². The second-order valence-corrected chi connectivity index (χ2v) is 6.49. The normalized spacial score (nSPS) is 14.4. The van der Waals surface area contributed by atoms with Crippen LogP contribution in [0.3, 0.4) is 0 Å². The SMILES string of the molecule is CCOc1cccc(-c2noc(CN3CCN(c4ccccc4)C(=O)C3=O)n2)c1. The van der Waals surface area contributed by atoms with Gasteiger partial charge in [-0.05, 0) is 31.2 Å². The van der Waals surface area contributed by atoms with E-state index in [1.807, 2.05) is 61.5 Å². The molecule has 0 radical (unpaired) electrons. The predicted octanol–water partition coefficient (Wildman–Crippen LogP) is 2.51. The van der Waals surface area contributed by atoms with Crippen LogP contribution in [0.5, 0.6) is 5.75 Å². The first-order chi connectivity index (χ1) is 14.2. The molecule has 2 heterocycles. The largest absolute Gasteiger partial charge is 0.494 e. The topological polar surface area (TPSA) is 88.8 Å². The fourth-order valence-corrected chi connectivity index (χ4v) is 3.17. The number of carbonyl (C=O) groups excluding carboxylic acids is 2. The maximum atomic E-state index is 12.5. The zero-order valence-electron chi connectivity index (χ0n) is 15.9. The Bertz CT molecular complexity index is 1020. The molecule has 0 aliphatic carbocycles. The number of hydrogen-bond acceptors (Lipinski definition) is 6. The van der Waals surface area contributed by atoms with Crippen molar-refractivity contribution in [3.8, 4) is 17.1 Å². The molecule has 0 unspecified atom stereocenters. The Hall–Kier alpha value is -3.68. The molecule has 0 spiro atoms. The molecule has 8 nitrogen and oxygen atoms in total. The summed E-state index contributed by atoms with van der Waals surface area (Å²) in [4.78, 5) is 32.3. The van der Waals surface area contributed by atoms with Crippen LogP contribution in [0.15, 0.2) is 59.1 Å². The van der Waals surface area contributed by atoms with E-state index >= 15 is 0 Å². The Labute approximate surface area is 167 Å². The van der Waals surface area contributed by atoms with Crippen molar-refractivity contribution in [1.82, 2.24) is 15.0 Å². The highest BCUT2D eigenvalue weighted by Crippen LogP contribution is 2.23. The van der Waals surface area contributed by atoms with Gasteiger partial charge in [0, 0.05) is 24.3 Å². The summed E-state index contributed by atoms with van der Waals surface area (Å²) in [7, 11) is 0. The molecular weight excluding hydrogens is 372 g/mol. The maximum Gasteiger partial charge on any atom is 0.316 e. The van der Waals surface area contributed by atoms with Crippen molar-refractivity contribution in [2.45, 2.75) is 13.5 Å². The van der Waals surface area contributed by atoms with E-state index in [4.69, 9.17) is 9.26 Å². The fraction of sp³-hybridized carbons (Fsp3) is 0.238. The summed E-state index contributed by atoms with van der Waals surface area (Å²) in [6.45, 7) is 3.36. The second-order valence-electron chi connectivity index (χ2n) is 6.49. The minimum absolute atomic E-state index is 0.0886. The van der Waals surface area contributed by atoms with E-state index in [1.54, 1.807) is 0 Å². The molecule has 1 aromatic heterocycles. The minimum Gasteiger partial charge on any atom is -0.494 e. The highest BCUT2D eigenvalue weighted by molar-refractivity contribution is 6.40. The molecule has 4 rings (SSSR count). The molecule has 1 fully saturated rings. The van der Waals surface area contributed by atoms with Crippen LogP contribution in [0.2, 0.25) is 0 Å². The Morgan fingerprint density at radius 1 is 1.03 bits per heavy atom. The van der Waals surface area contributed by atoms with E-state index in [0.29, 0.717) is 37.0 Å². The zero-order valence-corrected chi connectivity index (χ0v) is 15.9. The molecule has 1 aliphatic heterocycles. The first kappa shape index (κ1) is 18.7. The molecule has 2 aromatic carbocycles. The van der Waals surface area contributed by atoms with Crippen molar-refractivity contribution in [2.24, 2.45) is 0 Å². The van der Waals surface area contributed by atoms with Crippen LogP contribution in [0.1, 0.15) is 12.8 Å². The number of rotatable bonds is 6. The predicted molar refractivity (Wildman–Crippen MR) is 105 cm³/mol. The number of benzene rings is 2. The summed E-state index contributed by atoms with van der Waals surface area (Å²) in [6.07, 6.45) is 0. The second kappa shape index (κ2) is 8.14. The Kier molecular flexibility index (Phi) is 5.24.